The third-order valence-electron chi connectivity index (χ3n) is 3.83. The maximum atomic E-state index is 12.6. The Hall–Kier alpha value is -2.16. The van der Waals surface area contributed by atoms with Crippen LogP contribution in [0.15, 0.2) is 60.1 Å². The molecule has 1 aromatic rings. The average Bonchev–Trinajstić information content (AvgIpc) is 3.23. The number of carbonyl (C=O) groups is 1. The van der Waals surface area contributed by atoms with Gasteiger partial charge >= 0.3 is 0 Å². The molecule has 0 spiro atoms. The molecule has 0 aromatic carbocycles. The van der Waals surface area contributed by atoms with Gasteiger partial charge in [-0.3, -0.25) is 9.78 Å². The Balaban J connectivity index is 1.75. The monoisotopic (exact) mass is 266 g/mol. The molecule has 0 saturated heterocycles. The summed E-state index contributed by atoms with van der Waals surface area (Å²) in [6.45, 7) is 2.71. The number of nitrogens with one attached hydrogen (secondary N) is 1. The molecule has 2 heterocycles. The zero-order valence-corrected chi connectivity index (χ0v) is 11.5. The fourth-order valence-corrected chi connectivity index (χ4v) is 2.63. The maximum Gasteiger partial charge on any atom is 0.166 e. The topological polar surface area (TPSA) is 42.0 Å². The molecule has 3 nitrogen and oxygen atoms in total. The second kappa shape index (κ2) is 5.45. The molecule has 3 rings (SSSR count). The molecule has 0 amide bonds. The Morgan fingerprint density at radius 3 is 2.95 bits per heavy atom. The minimum absolute atomic E-state index is 0.135. The van der Waals surface area contributed by atoms with Gasteiger partial charge in [0.1, 0.15) is 0 Å². The summed E-state index contributed by atoms with van der Waals surface area (Å²) < 4.78 is 0. The van der Waals surface area contributed by atoms with E-state index >= 15 is 0 Å². The minimum atomic E-state index is 0.135. The van der Waals surface area contributed by atoms with E-state index in [9.17, 15) is 4.79 Å². The summed E-state index contributed by atoms with van der Waals surface area (Å²) in [4.78, 5) is 16.6. The first-order valence-electron chi connectivity index (χ1n) is 6.98. The normalized spacial score (nSPS) is 31.6. The quantitative estimate of drug-likeness (QED) is 0.914. The van der Waals surface area contributed by atoms with Crippen molar-refractivity contribution in [2.45, 2.75) is 19.3 Å². The summed E-state index contributed by atoms with van der Waals surface area (Å²) >= 11 is 0. The molecule has 3 heteroatoms. The molecular formula is C17H18N2O. The number of allylic oxidation sites excluding steroid dienone is 4. The lowest BCUT2D eigenvalue weighted by atomic mass is 10.0. The zero-order chi connectivity index (χ0) is 13.9. The van der Waals surface area contributed by atoms with Crippen LogP contribution in [0.4, 0.5) is 0 Å². The predicted octanol–water partition coefficient (Wildman–Crippen LogP) is 2.74. The molecule has 20 heavy (non-hydrogen) atoms. The molecule has 2 unspecified atom stereocenters. The molecule has 102 valence electrons. The van der Waals surface area contributed by atoms with E-state index < -0.39 is 0 Å². The number of rotatable bonds is 3. The van der Waals surface area contributed by atoms with Crippen LogP contribution in [0, 0.1) is 5.92 Å². The first kappa shape index (κ1) is 12.9. The van der Waals surface area contributed by atoms with Gasteiger partial charge in [-0.05, 0) is 60.9 Å². The Bertz CT molecular complexity index is 599. The molecular weight excluding hydrogens is 248 g/mol. The highest BCUT2D eigenvalue weighted by atomic mass is 16.1. The van der Waals surface area contributed by atoms with Gasteiger partial charge in [-0.2, -0.15) is 0 Å². The van der Waals surface area contributed by atoms with Crippen molar-refractivity contribution in [3.05, 3.63) is 65.7 Å². The van der Waals surface area contributed by atoms with Crippen LogP contribution in [0.3, 0.4) is 0 Å². The van der Waals surface area contributed by atoms with Crippen molar-refractivity contribution in [3.63, 3.8) is 0 Å². The number of aromatic nitrogens is 1. The molecule has 1 aliphatic carbocycles. The Labute approximate surface area is 119 Å². The van der Waals surface area contributed by atoms with Crippen molar-refractivity contribution in [3.8, 4) is 0 Å². The summed E-state index contributed by atoms with van der Waals surface area (Å²) in [6, 6.07) is 4.02. The molecule has 2 aliphatic rings. The van der Waals surface area contributed by atoms with Crippen LogP contribution >= 0.6 is 0 Å². The Morgan fingerprint density at radius 1 is 1.35 bits per heavy atom. The number of hydrogen-bond acceptors (Lipinski definition) is 3. The van der Waals surface area contributed by atoms with Crippen molar-refractivity contribution < 1.29 is 4.79 Å². The van der Waals surface area contributed by atoms with Gasteiger partial charge in [0, 0.05) is 30.4 Å². The van der Waals surface area contributed by atoms with Gasteiger partial charge in [-0.15, -0.1) is 0 Å². The highest BCUT2D eigenvalue weighted by Gasteiger charge is 2.44. The maximum absolute atomic E-state index is 12.6. The Morgan fingerprint density at radius 2 is 2.15 bits per heavy atom. The van der Waals surface area contributed by atoms with Crippen LogP contribution in [0.25, 0.3) is 0 Å². The Kier molecular flexibility index (Phi) is 3.50. The second-order valence-corrected chi connectivity index (χ2v) is 5.38. The largest absolute Gasteiger partial charge is 0.387 e. The molecule has 0 radical (unpaired) electrons. The molecule has 2 atom stereocenters. The number of carbonyl (C=O) groups excluding carboxylic acids is 1. The standard InChI is InChI=1S/C17H18N2O/c1-12-2-6-18-9-5-14(10-12)17(20)16-11-15(16)13-3-7-19-8-4-13/h2-8,10,15-16,18H,9,11H2,1H3/b6-2-,12-10-,14-5-. The lowest BCUT2D eigenvalue weighted by molar-refractivity contribution is -0.116. The van der Waals surface area contributed by atoms with E-state index in [0.717, 1.165) is 17.6 Å². The van der Waals surface area contributed by atoms with Gasteiger partial charge in [0.15, 0.2) is 5.78 Å². The third kappa shape index (κ3) is 2.72. The summed E-state index contributed by atoms with van der Waals surface area (Å²) in [5.74, 6) is 0.772. The minimum Gasteiger partial charge on any atom is -0.387 e. The number of ketones is 1. The lowest BCUT2D eigenvalue weighted by Gasteiger charge is -2.07. The fourth-order valence-electron chi connectivity index (χ4n) is 2.63. The molecule has 0 bridgehead atoms. The smallest absolute Gasteiger partial charge is 0.166 e. The van der Waals surface area contributed by atoms with E-state index in [4.69, 9.17) is 0 Å². The molecule has 1 aliphatic heterocycles. The summed E-state index contributed by atoms with van der Waals surface area (Å²) in [7, 11) is 0. The zero-order valence-electron chi connectivity index (χ0n) is 11.5. The van der Waals surface area contributed by atoms with Gasteiger partial charge in [0.05, 0.1) is 0 Å². The highest BCUT2D eigenvalue weighted by molar-refractivity contribution is 6.02. The molecule has 1 fully saturated rings. The predicted molar refractivity (Wildman–Crippen MR) is 79.1 cm³/mol. The van der Waals surface area contributed by atoms with E-state index in [2.05, 4.69) is 10.3 Å². The average molecular weight is 266 g/mol. The molecule has 1 N–H and O–H groups in total. The van der Waals surface area contributed by atoms with Crippen LogP contribution in [-0.2, 0) is 4.79 Å². The van der Waals surface area contributed by atoms with Crippen molar-refractivity contribution in [1.29, 1.82) is 0 Å². The van der Waals surface area contributed by atoms with E-state index in [-0.39, 0.29) is 11.7 Å². The second-order valence-electron chi connectivity index (χ2n) is 5.38. The fraction of sp³-hybridized carbons (Fsp3) is 0.294. The molecule has 1 aromatic heterocycles. The van der Waals surface area contributed by atoms with Crippen LogP contribution in [0.1, 0.15) is 24.8 Å². The number of hydrogen-bond donors (Lipinski definition) is 1. The van der Waals surface area contributed by atoms with Crippen LogP contribution in [0.2, 0.25) is 0 Å². The van der Waals surface area contributed by atoms with Crippen LogP contribution in [0.5, 0.6) is 0 Å². The van der Waals surface area contributed by atoms with Gasteiger partial charge in [-0.1, -0.05) is 6.08 Å². The van der Waals surface area contributed by atoms with Gasteiger partial charge in [0.2, 0.25) is 0 Å². The first-order chi connectivity index (χ1) is 9.75. The lowest BCUT2D eigenvalue weighted by Crippen LogP contribution is -2.11. The van der Waals surface area contributed by atoms with Crippen LogP contribution in [-0.4, -0.2) is 17.3 Å². The van der Waals surface area contributed by atoms with E-state index in [1.54, 1.807) is 12.4 Å². The summed E-state index contributed by atoms with van der Waals surface area (Å²) in [6.07, 6.45) is 12.4. The summed E-state index contributed by atoms with van der Waals surface area (Å²) in [5, 5.41) is 3.15. The van der Waals surface area contributed by atoms with Crippen molar-refractivity contribution in [2.24, 2.45) is 5.92 Å². The van der Waals surface area contributed by atoms with Gasteiger partial charge < -0.3 is 5.32 Å². The highest BCUT2D eigenvalue weighted by Crippen LogP contribution is 2.49. The van der Waals surface area contributed by atoms with E-state index in [1.807, 2.05) is 43.5 Å². The van der Waals surface area contributed by atoms with Crippen molar-refractivity contribution >= 4 is 5.78 Å². The van der Waals surface area contributed by atoms with Crippen molar-refractivity contribution in [2.75, 3.05) is 6.54 Å². The number of Topliss-reactive ketones (excluding diaryl/α,β-unsaturated/α-hetero) is 1. The third-order valence-corrected chi connectivity index (χ3v) is 3.83. The summed E-state index contributed by atoms with van der Waals surface area (Å²) in [5.41, 5.74) is 3.15. The van der Waals surface area contributed by atoms with E-state index in [1.165, 1.54) is 5.56 Å². The SMILES string of the molecule is CC1=C/C(C(=O)C2CC2c2ccncc2)=C/CN/C=C\1. The number of nitrogens with zero attached hydrogens (tertiary/aromatic N) is 1. The molecule has 1 saturated carbocycles. The number of pyridine rings is 1. The van der Waals surface area contributed by atoms with Gasteiger partial charge in [0.25, 0.3) is 0 Å². The first-order valence-corrected chi connectivity index (χ1v) is 6.98. The van der Waals surface area contributed by atoms with E-state index in [0.29, 0.717) is 12.5 Å². The van der Waals surface area contributed by atoms with Crippen molar-refractivity contribution in [1.82, 2.24) is 10.3 Å². The van der Waals surface area contributed by atoms with Gasteiger partial charge in [-0.25, -0.2) is 0 Å². The van der Waals surface area contributed by atoms with Crippen LogP contribution < -0.4 is 5.32 Å².